The molecule has 1 heterocycles. The molecule has 0 radical (unpaired) electrons. The minimum Gasteiger partial charge on any atom is -0.389 e. The second-order valence-corrected chi connectivity index (χ2v) is 6.61. The van der Waals surface area contributed by atoms with Gasteiger partial charge in [-0.1, -0.05) is 19.1 Å². The number of thiocarbonyl (C=S) groups is 1. The van der Waals surface area contributed by atoms with Crippen LogP contribution in [0.2, 0.25) is 0 Å². The minimum atomic E-state index is -3.28. The highest BCUT2D eigenvalue weighted by Gasteiger charge is 2.14. The van der Waals surface area contributed by atoms with Crippen LogP contribution in [-0.4, -0.2) is 42.4 Å². The fourth-order valence-corrected chi connectivity index (χ4v) is 2.83. The summed E-state index contributed by atoms with van der Waals surface area (Å²) in [6.45, 7) is 5.94. The molecular formula is C11H19N5O2S2. The molecule has 9 heteroatoms. The maximum absolute atomic E-state index is 11.5. The van der Waals surface area contributed by atoms with Crippen LogP contribution < -0.4 is 15.8 Å². The van der Waals surface area contributed by atoms with Gasteiger partial charge in [0.15, 0.2) is 5.82 Å². The Labute approximate surface area is 124 Å². The molecule has 0 bridgehead atoms. The summed E-state index contributed by atoms with van der Waals surface area (Å²) >= 11 is 5.00. The lowest BCUT2D eigenvalue weighted by Crippen LogP contribution is -2.30. The van der Waals surface area contributed by atoms with Crippen LogP contribution in [0.15, 0.2) is 0 Å². The predicted octanol–water partition coefficient (Wildman–Crippen LogP) is 0.0788. The molecule has 0 aromatic carbocycles. The van der Waals surface area contributed by atoms with Crippen molar-refractivity contribution in [3.8, 4) is 0 Å². The molecule has 112 valence electrons. The van der Waals surface area contributed by atoms with Gasteiger partial charge in [0.25, 0.3) is 0 Å². The molecule has 1 aromatic heterocycles. The Balaban J connectivity index is 2.84. The second kappa shape index (κ2) is 6.91. The van der Waals surface area contributed by atoms with E-state index in [-0.39, 0.29) is 17.3 Å². The molecule has 0 unspecified atom stereocenters. The fraction of sp³-hybridized carbons (Fsp3) is 0.545. The third kappa shape index (κ3) is 4.36. The van der Waals surface area contributed by atoms with Crippen molar-refractivity contribution in [2.75, 3.05) is 24.2 Å². The van der Waals surface area contributed by atoms with E-state index in [1.165, 1.54) is 0 Å². The van der Waals surface area contributed by atoms with Crippen molar-refractivity contribution < 1.29 is 8.42 Å². The van der Waals surface area contributed by atoms with E-state index >= 15 is 0 Å². The van der Waals surface area contributed by atoms with Gasteiger partial charge in [0.2, 0.25) is 10.0 Å². The number of hydrogen-bond acceptors (Lipinski definition) is 6. The van der Waals surface area contributed by atoms with E-state index in [2.05, 4.69) is 20.2 Å². The number of aryl methyl sites for hydroxylation is 1. The van der Waals surface area contributed by atoms with Gasteiger partial charge in [0, 0.05) is 13.1 Å². The van der Waals surface area contributed by atoms with Crippen molar-refractivity contribution in [3.63, 3.8) is 0 Å². The van der Waals surface area contributed by atoms with E-state index in [0.29, 0.717) is 17.9 Å². The van der Waals surface area contributed by atoms with E-state index in [4.69, 9.17) is 18.0 Å². The van der Waals surface area contributed by atoms with Crippen molar-refractivity contribution in [3.05, 3.63) is 16.8 Å². The molecule has 1 aromatic rings. The van der Waals surface area contributed by atoms with Crippen LogP contribution in [0.4, 0.5) is 5.82 Å². The Morgan fingerprint density at radius 3 is 2.55 bits per heavy atom. The number of aromatic nitrogens is 2. The molecule has 0 aliphatic rings. The molecule has 0 aliphatic heterocycles. The highest BCUT2D eigenvalue weighted by molar-refractivity contribution is 7.89. The summed E-state index contributed by atoms with van der Waals surface area (Å²) in [6, 6.07) is 0. The van der Waals surface area contributed by atoms with Crippen molar-refractivity contribution in [1.82, 2.24) is 14.9 Å². The van der Waals surface area contributed by atoms with Crippen LogP contribution in [0.1, 0.15) is 23.7 Å². The van der Waals surface area contributed by atoms with Gasteiger partial charge < -0.3 is 11.1 Å². The van der Waals surface area contributed by atoms with Gasteiger partial charge in [-0.25, -0.2) is 13.1 Å². The second-order valence-electron chi connectivity index (χ2n) is 4.24. The SMILES string of the molecule is CCNS(=O)(=O)CCNc1nnc(C)c(C)c1C(N)=S. The van der Waals surface area contributed by atoms with E-state index in [1.54, 1.807) is 6.92 Å². The zero-order valence-electron chi connectivity index (χ0n) is 11.7. The summed E-state index contributed by atoms with van der Waals surface area (Å²) < 4.78 is 25.5. The van der Waals surface area contributed by atoms with Gasteiger partial charge >= 0.3 is 0 Å². The Morgan fingerprint density at radius 1 is 1.35 bits per heavy atom. The lowest BCUT2D eigenvalue weighted by Gasteiger charge is -2.13. The van der Waals surface area contributed by atoms with Crippen LogP contribution in [0.3, 0.4) is 0 Å². The Morgan fingerprint density at radius 2 is 2.00 bits per heavy atom. The summed E-state index contributed by atoms with van der Waals surface area (Å²) in [5, 5.41) is 10.9. The molecule has 0 spiro atoms. The lowest BCUT2D eigenvalue weighted by atomic mass is 10.1. The molecule has 7 nitrogen and oxygen atoms in total. The van der Waals surface area contributed by atoms with Crippen LogP contribution in [0.5, 0.6) is 0 Å². The number of nitrogens with one attached hydrogen (secondary N) is 2. The summed E-state index contributed by atoms with van der Waals surface area (Å²) in [7, 11) is -3.28. The topological polar surface area (TPSA) is 110 Å². The number of nitrogens with zero attached hydrogens (tertiary/aromatic N) is 2. The molecule has 1 rings (SSSR count). The zero-order chi connectivity index (χ0) is 15.3. The maximum Gasteiger partial charge on any atom is 0.213 e. The highest BCUT2D eigenvalue weighted by atomic mass is 32.2. The summed E-state index contributed by atoms with van der Waals surface area (Å²) in [6.07, 6.45) is 0. The first-order valence-corrected chi connectivity index (χ1v) is 8.19. The van der Waals surface area contributed by atoms with Gasteiger partial charge in [-0.3, -0.25) is 0 Å². The Kier molecular flexibility index (Phi) is 5.78. The standard InChI is InChI=1S/C11H19N5O2S2/c1-4-14-20(17,18)6-5-13-11-9(10(12)19)7(2)8(3)15-16-11/h14H,4-6H2,1-3H3,(H2,12,19)(H,13,16). The summed E-state index contributed by atoms with van der Waals surface area (Å²) in [4.78, 5) is 0.206. The first-order valence-electron chi connectivity index (χ1n) is 6.13. The Hall–Kier alpha value is -1.32. The van der Waals surface area contributed by atoms with E-state index in [1.807, 2.05) is 13.8 Å². The Bertz CT molecular complexity index is 601. The van der Waals surface area contributed by atoms with Gasteiger partial charge in [0.05, 0.1) is 17.0 Å². The van der Waals surface area contributed by atoms with E-state index in [0.717, 1.165) is 11.3 Å². The number of nitrogens with two attached hydrogens (primary N) is 1. The van der Waals surface area contributed by atoms with Crippen LogP contribution in [0.25, 0.3) is 0 Å². The van der Waals surface area contributed by atoms with Crippen molar-refractivity contribution in [2.24, 2.45) is 5.73 Å². The minimum absolute atomic E-state index is 0.0633. The molecule has 4 N–H and O–H groups in total. The predicted molar refractivity (Wildman–Crippen MR) is 83.3 cm³/mol. The van der Waals surface area contributed by atoms with Crippen LogP contribution in [0, 0.1) is 13.8 Å². The monoisotopic (exact) mass is 317 g/mol. The van der Waals surface area contributed by atoms with Crippen LogP contribution in [-0.2, 0) is 10.0 Å². The normalized spacial score (nSPS) is 11.3. The molecule has 0 fully saturated rings. The van der Waals surface area contributed by atoms with E-state index in [9.17, 15) is 8.42 Å². The third-order valence-corrected chi connectivity index (χ3v) is 4.40. The molecule has 0 saturated carbocycles. The average molecular weight is 317 g/mol. The molecule has 0 saturated heterocycles. The first kappa shape index (κ1) is 16.7. The van der Waals surface area contributed by atoms with Crippen molar-refractivity contribution in [1.29, 1.82) is 0 Å². The smallest absolute Gasteiger partial charge is 0.213 e. The summed E-state index contributed by atoms with van der Waals surface area (Å²) in [5.74, 6) is 0.346. The highest BCUT2D eigenvalue weighted by Crippen LogP contribution is 2.17. The average Bonchev–Trinajstić information content (AvgIpc) is 2.33. The van der Waals surface area contributed by atoms with Gasteiger partial charge in [0.1, 0.15) is 4.99 Å². The maximum atomic E-state index is 11.5. The zero-order valence-corrected chi connectivity index (χ0v) is 13.4. The molecule has 20 heavy (non-hydrogen) atoms. The molecule has 0 atom stereocenters. The lowest BCUT2D eigenvalue weighted by molar-refractivity contribution is 0.584. The van der Waals surface area contributed by atoms with Crippen LogP contribution >= 0.6 is 12.2 Å². The molecular weight excluding hydrogens is 298 g/mol. The molecule has 0 amide bonds. The fourth-order valence-electron chi connectivity index (χ4n) is 1.63. The van der Waals surface area contributed by atoms with Gasteiger partial charge in [-0.2, -0.15) is 5.10 Å². The van der Waals surface area contributed by atoms with Gasteiger partial charge in [-0.15, -0.1) is 5.10 Å². The number of hydrogen-bond donors (Lipinski definition) is 3. The number of rotatable bonds is 7. The quantitative estimate of drug-likeness (QED) is 0.611. The van der Waals surface area contributed by atoms with Gasteiger partial charge in [-0.05, 0) is 19.4 Å². The molecule has 0 aliphatic carbocycles. The van der Waals surface area contributed by atoms with Crippen molar-refractivity contribution >= 4 is 33.0 Å². The van der Waals surface area contributed by atoms with Crippen molar-refractivity contribution in [2.45, 2.75) is 20.8 Å². The largest absolute Gasteiger partial charge is 0.389 e. The van der Waals surface area contributed by atoms with E-state index < -0.39 is 10.0 Å². The number of anilines is 1. The first-order chi connectivity index (χ1) is 9.28. The summed E-state index contributed by atoms with van der Waals surface area (Å²) in [5.41, 5.74) is 7.86. The third-order valence-electron chi connectivity index (χ3n) is 2.73. The number of sulfonamides is 1.